The molecular formula is C17H28N4O. The molecule has 1 aromatic carbocycles. The molecule has 0 atom stereocenters. The molecule has 0 unspecified atom stereocenters. The first-order chi connectivity index (χ1) is 10.4. The molecule has 0 aliphatic carbocycles. The van der Waals surface area contributed by atoms with Crippen molar-refractivity contribution in [2.24, 2.45) is 10.4 Å². The first-order valence-corrected chi connectivity index (χ1v) is 7.67. The summed E-state index contributed by atoms with van der Waals surface area (Å²) in [7, 11) is 1.73. The summed E-state index contributed by atoms with van der Waals surface area (Å²) in [6.07, 6.45) is 0. The van der Waals surface area contributed by atoms with Gasteiger partial charge in [-0.3, -0.25) is 9.79 Å². The van der Waals surface area contributed by atoms with Crippen molar-refractivity contribution in [1.29, 1.82) is 0 Å². The molecule has 0 bridgehead atoms. The van der Waals surface area contributed by atoms with E-state index in [2.05, 4.69) is 52.1 Å². The number of nitrogens with zero attached hydrogens (tertiary/aromatic N) is 1. The SMILES string of the molecule is CCNC(=O)C(C)(C)CNC(=NC)NCc1ccc(C)cc1. The van der Waals surface area contributed by atoms with Gasteiger partial charge in [0.1, 0.15) is 0 Å². The zero-order chi connectivity index (χ0) is 16.6. The quantitative estimate of drug-likeness (QED) is 0.555. The van der Waals surface area contributed by atoms with Crippen LogP contribution in [0.4, 0.5) is 0 Å². The fourth-order valence-corrected chi connectivity index (χ4v) is 1.90. The van der Waals surface area contributed by atoms with E-state index < -0.39 is 5.41 Å². The molecule has 0 aliphatic heterocycles. The van der Waals surface area contributed by atoms with Gasteiger partial charge in [0.05, 0.1) is 5.41 Å². The van der Waals surface area contributed by atoms with Gasteiger partial charge in [0.25, 0.3) is 0 Å². The molecule has 0 fully saturated rings. The molecule has 0 aromatic heterocycles. The lowest BCUT2D eigenvalue weighted by atomic mass is 9.92. The third kappa shape index (κ3) is 5.76. The highest BCUT2D eigenvalue weighted by molar-refractivity contribution is 5.84. The van der Waals surface area contributed by atoms with Crippen molar-refractivity contribution in [3.63, 3.8) is 0 Å². The number of aryl methyl sites for hydroxylation is 1. The molecule has 0 saturated carbocycles. The number of amides is 1. The van der Waals surface area contributed by atoms with Crippen molar-refractivity contribution >= 4 is 11.9 Å². The second kappa shape index (κ2) is 8.41. The maximum absolute atomic E-state index is 12.0. The maximum atomic E-state index is 12.0. The number of guanidine groups is 1. The third-order valence-electron chi connectivity index (χ3n) is 3.45. The molecule has 0 saturated heterocycles. The van der Waals surface area contributed by atoms with E-state index in [1.165, 1.54) is 11.1 Å². The maximum Gasteiger partial charge on any atom is 0.227 e. The van der Waals surface area contributed by atoms with Gasteiger partial charge in [-0.1, -0.05) is 29.8 Å². The monoisotopic (exact) mass is 304 g/mol. The highest BCUT2D eigenvalue weighted by Gasteiger charge is 2.27. The Labute approximate surface area is 133 Å². The molecule has 3 N–H and O–H groups in total. The average Bonchev–Trinajstić information content (AvgIpc) is 2.49. The van der Waals surface area contributed by atoms with Gasteiger partial charge >= 0.3 is 0 Å². The van der Waals surface area contributed by atoms with Crippen LogP contribution in [-0.4, -0.2) is 32.0 Å². The minimum absolute atomic E-state index is 0.0384. The van der Waals surface area contributed by atoms with Crippen LogP contribution in [0.25, 0.3) is 0 Å². The molecule has 122 valence electrons. The summed E-state index contributed by atoms with van der Waals surface area (Å²) < 4.78 is 0. The van der Waals surface area contributed by atoms with Gasteiger partial charge in [0, 0.05) is 26.7 Å². The Hall–Kier alpha value is -2.04. The number of hydrogen-bond donors (Lipinski definition) is 3. The minimum Gasteiger partial charge on any atom is -0.356 e. The van der Waals surface area contributed by atoms with Crippen molar-refractivity contribution in [2.45, 2.75) is 34.2 Å². The van der Waals surface area contributed by atoms with Crippen LogP contribution in [0.2, 0.25) is 0 Å². The van der Waals surface area contributed by atoms with Crippen molar-refractivity contribution in [3.05, 3.63) is 35.4 Å². The van der Waals surface area contributed by atoms with E-state index in [-0.39, 0.29) is 5.91 Å². The number of nitrogens with one attached hydrogen (secondary N) is 3. The molecule has 0 heterocycles. The molecule has 1 aromatic rings. The summed E-state index contributed by atoms with van der Waals surface area (Å²) in [6.45, 7) is 9.68. The summed E-state index contributed by atoms with van der Waals surface area (Å²) in [6, 6.07) is 8.36. The Kier molecular flexibility index (Phi) is 6.89. The largest absolute Gasteiger partial charge is 0.356 e. The van der Waals surface area contributed by atoms with Crippen molar-refractivity contribution in [2.75, 3.05) is 20.1 Å². The Bertz CT molecular complexity index is 506. The topological polar surface area (TPSA) is 65.5 Å². The van der Waals surface area contributed by atoms with Gasteiger partial charge in [0.2, 0.25) is 5.91 Å². The van der Waals surface area contributed by atoms with Crippen LogP contribution in [0.15, 0.2) is 29.3 Å². The summed E-state index contributed by atoms with van der Waals surface area (Å²) in [5.74, 6) is 0.731. The summed E-state index contributed by atoms with van der Waals surface area (Å²) in [4.78, 5) is 16.2. The highest BCUT2D eigenvalue weighted by Crippen LogP contribution is 2.13. The number of hydrogen-bond acceptors (Lipinski definition) is 2. The Morgan fingerprint density at radius 1 is 1.14 bits per heavy atom. The smallest absolute Gasteiger partial charge is 0.227 e. The number of benzene rings is 1. The lowest BCUT2D eigenvalue weighted by Crippen LogP contribution is -2.47. The van der Waals surface area contributed by atoms with Gasteiger partial charge in [-0.2, -0.15) is 0 Å². The first-order valence-electron chi connectivity index (χ1n) is 7.67. The summed E-state index contributed by atoms with van der Waals surface area (Å²) >= 11 is 0. The molecule has 1 rings (SSSR count). The van der Waals surface area contributed by atoms with Crippen LogP contribution in [0.5, 0.6) is 0 Å². The fraction of sp³-hybridized carbons (Fsp3) is 0.529. The molecule has 0 radical (unpaired) electrons. The third-order valence-corrected chi connectivity index (χ3v) is 3.45. The molecule has 0 spiro atoms. The first kappa shape index (κ1) is 18.0. The number of carbonyl (C=O) groups is 1. The second-order valence-corrected chi connectivity index (χ2v) is 6.01. The molecule has 22 heavy (non-hydrogen) atoms. The van der Waals surface area contributed by atoms with E-state index in [9.17, 15) is 4.79 Å². The van der Waals surface area contributed by atoms with E-state index in [1.54, 1.807) is 7.05 Å². The molecule has 1 amide bonds. The van der Waals surface area contributed by atoms with E-state index >= 15 is 0 Å². The average molecular weight is 304 g/mol. The number of rotatable bonds is 6. The lowest BCUT2D eigenvalue weighted by Gasteiger charge is -2.24. The standard InChI is InChI=1S/C17H28N4O/c1-6-19-15(22)17(3,4)12-21-16(18-5)20-11-14-9-7-13(2)8-10-14/h7-10H,6,11-12H2,1-5H3,(H,19,22)(H2,18,20,21). The zero-order valence-corrected chi connectivity index (χ0v) is 14.3. The van der Waals surface area contributed by atoms with Crippen LogP contribution < -0.4 is 16.0 Å². The second-order valence-electron chi connectivity index (χ2n) is 6.01. The number of carbonyl (C=O) groups excluding carboxylic acids is 1. The summed E-state index contributed by atoms with van der Waals surface area (Å²) in [5.41, 5.74) is 1.95. The predicted molar refractivity (Wildman–Crippen MR) is 91.8 cm³/mol. The zero-order valence-electron chi connectivity index (χ0n) is 14.3. The molecule has 5 heteroatoms. The van der Waals surface area contributed by atoms with E-state index in [0.29, 0.717) is 25.6 Å². The number of aliphatic imine (C=N–C) groups is 1. The van der Waals surface area contributed by atoms with Gasteiger partial charge in [-0.15, -0.1) is 0 Å². The van der Waals surface area contributed by atoms with E-state index in [4.69, 9.17) is 0 Å². The molecule has 5 nitrogen and oxygen atoms in total. The van der Waals surface area contributed by atoms with Crippen LogP contribution in [0, 0.1) is 12.3 Å². The minimum atomic E-state index is -0.489. The Balaban J connectivity index is 2.49. The van der Waals surface area contributed by atoms with Crippen molar-refractivity contribution in [3.8, 4) is 0 Å². The highest BCUT2D eigenvalue weighted by atomic mass is 16.2. The van der Waals surface area contributed by atoms with Crippen LogP contribution in [-0.2, 0) is 11.3 Å². The van der Waals surface area contributed by atoms with E-state index in [0.717, 1.165) is 0 Å². The van der Waals surface area contributed by atoms with Crippen molar-refractivity contribution in [1.82, 2.24) is 16.0 Å². The Morgan fingerprint density at radius 3 is 2.32 bits per heavy atom. The molecular weight excluding hydrogens is 276 g/mol. The normalized spacial score (nSPS) is 12.0. The van der Waals surface area contributed by atoms with Gasteiger partial charge < -0.3 is 16.0 Å². The van der Waals surface area contributed by atoms with Gasteiger partial charge in [-0.05, 0) is 33.3 Å². The Morgan fingerprint density at radius 2 is 1.77 bits per heavy atom. The van der Waals surface area contributed by atoms with Crippen molar-refractivity contribution < 1.29 is 4.79 Å². The van der Waals surface area contributed by atoms with E-state index in [1.807, 2.05) is 20.8 Å². The lowest BCUT2D eigenvalue weighted by molar-refractivity contribution is -0.128. The summed E-state index contributed by atoms with van der Waals surface area (Å²) in [5, 5.41) is 9.32. The van der Waals surface area contributed by atoms with Crippen LogP contribution in [0.1, 0.15) is 31.9 Å². The fourth-order valence-electron chi connectivity index (χ4n) is 1.90. The van der Waals surface area contributed by atoms with Gasteiger partial charge in [0.15, 0.2) is 5.96 Å². The van der Waals surface area contributed by atoms with Crippen LogP contribution in [0.3, 0.4) is 0 Å². The van der Waals surface area contributed by atoms with Gasteiger partial charge in [-0.25, -0.2) is 0 Å². The molecule has 0 aliphatic rings. The van der Waals surface area contributed by atoms with Crippen LogP contribution >= 0.6 is 0 Å². The predicted octanol–water partition coefficient (Wildman–Crippen LogP) is 1.82.